The maximum atomic E-state index is 13.3. The highest BCUT2D eigenvalue weighted by atomic mass is 16.5. The van der Waals surface area contributed by atoms with E-state index in [1.54, 1.807) is 29.2 Å². The van der Waals surface area contributed by atoms with E-state index in [2.05, 4.69) is 25.7 Å². The molecule has 0 aromatic heterocycles. The van der Waals surface area contributed by atoms with Crippen LogP contribution in [0.1, 0.15) is 57.4 Å². The number of carbonyl (C=O) groups is 2. The Bertz CT molecular complexity index is 1140. The van der Waals surface area contributed by atoms with E-state index in [1.807, 2.05) is 38.1 Å². The number of hydrogen-bond acceptors (Lipinski definition) is 6. The summed E-state index contributed by atoms with van der Waals surface area (Å²) in [5, 5.41) is 11.3. The number of aliphatic hydroxyl groups excluding tert-OH is 1. The molecule has 1 N–H and O–H groups in total. The van der Waals surface area contributed by atoms with Crippen molar-refractivity contribution in [3.63, 3.8) is 0 Å². The van der Waals surface area contributed by atoms with Crippen molar-refractivity contribution >= 4 is 17.4 Å². The summed E-state index contributed by atoms with van der Waals surface area (Å²) in [4.78, 5) is 30.4. The number of hydrogen-bond donors (Lipinski definition) is 1. The molecule has 198 valence electrons. The van der Waals surface area contributed by atoms with E-state index >= 15 is 0 Å². The van der Waals surface area contributed by atoms with Gasteiger partial charge in [-0.05, 0) is 54.7 Å². The van der Waals surface area contributed by atoms with Crippen molar-refractivity contribution in [3.8, 4) is 5.75 Å². The monoisotopic (exact) mass is 506 g/mol. The lowest BCUT2D eigenvalue weighted by molar-refractivity contribution is -0.140. The molecule has 0 bridgehead atoms. The first-order chi connectivity index (χ1) is 17.6. The number of Topliss-reactive ketones (excluding diaryl/α,β-unsaturated/α-hetero) is 1. The zero-order valence-corrected chi connectivity index (χ0v) is 22.5. The van der Waals surface area contributed by atoms with Gasteiger partial charge in [-0.3, -0.25) is 14.5 Å². The predicted octanol–water partition coefficient (Wildman–Crippen LogP) is 4.53. The number of ether oxygens (including phenoxy) is 2. The maximum absolute atomic E-state index is 13.3. The Balaban J connectivity index is 1.72. The van der Waals surface area contributed by atoms with Gasteiger partial charge in [0.1, 0.15) is 11.5 Å². The average molecular weight is 507 g/mol. The van der Waals surface area contributed by atoms with Crippen molar-refractivity contribution in [2.75, 3.05) is 39.4 Å². The lowest BCUT2D eigenvalue weighted by Crippen LogP contribution is -2.42. The molecule has 37 heavy (non-hydrogen) atoms. The van der Waals surface area contributed by atoms with Crippen molar-refractivity contribution in [3.05, 3.63) is 70.8 Å². The van der Waals surface area contributed by atoms with Crippen LogP contribution in [-0.4, -0.2) is 72.1 Å². The summed E-state index contributed by atoms with van der Waals surface area (Å²) in [7, 11) is 0. The second-order valence-corrected chi connectivity index (χ2v) is 11.0. The molecule has 2 aromatic carbocycles. The van der Waals surface area contributed by atoms with E-state index in [0.29, 0.717) is 37.6 Å². The smallest absolute Gasteiger partial charge is 0.295 e. The van der Waals surface area contributed by atoms with Crippen molar-refractivity contribution in [1.82, 2.24) is 9.80 Å². The molecule has 2 aromatic rings. The molecule has 0 unspecified atom stereocenters. The Kier molecular flexibility index (Phi) is 8.05. The van der Waals surface area contributed by atoms with Crippen LogP contribution in [0, 0.1) is 0 Å². The van der Waals surface area contributed by atoms with Crippen molar-refractivity contribution in [1.29, 1.82) is 0 Å². The summed E-state index contributed by atoms with van der Waals surface area (Å²) < 4.78 is 11.1. The minimum atomic E-state index is -0.665. The van der Waals surface area contributed by atoms with Gasteiger partial charge < -0.3 is 19.5 Å². The summed E-state index contributed by atoms with van der Waals surface area (Å²) in [6.07, 6.45) is 0.0207. The van der Waals surface area contributed by atoms with Gasteiger partial charge in [-0.15, -0.1) is 0 Å². The first kappa shape index (κ1) is 26.9. The molecule has 2 heterocycles. The Labute approximate surface area is 219 Å². The van der Waals surface area contributed by atoms with E-state index in [9.17, 15) is 14.7 Å². The molecule has 7 heteroatoms. The first-order valence-corrected chi connectivity index (χ1v) is 13.0. The summed E-state index contributed by atoms with van der Waals surface area (Å²) in [6, 6.07) is 14.3. The second kappa shape index (κ2) is 11.1. The van der Waals surface area contributed by atoms with Crippen molar-refractivity contribution < 1.29 is 24.2 Å². The number of benzene rings is 2. The van der Waals surface area contributed by atoms with Crippen LogP contribution in [0.3, 0.4) is 0 Å². The number of aliphatic hydroxyl groups is 1. The largest absolute Gasteiger partial charge is 0.507 e. The molecule has 1 atom stereocenters. The number of amides is 1. The van der Waals surface area contributed by atoms with E-state index in [0.717, 1.165) is 24.2 Å². The SMILES string of the molecule is CC(C)Oc1ccc(C(O)=C2C(=O)C(=O)N(CCN3CCOCC3)[C@H]2c2ccc(C(C)(C)C)cc2)cc1. The lowest BCUT2D eigenvalue weighted by Gasteiger charge is -2.31. The van der Waals surface area contributed by atoms with Gasteiger partial charge in [0, 0.05) is 31.7 Å². The van der Waals surface area contributed by atoms with Gasteiger partial charge in [0.25, 0.3) is 11.7 Å². The third-order valence-electron chi connectivity index (χ3n) is 6.89. The molecule has 2 aliphatic rings. The van der Waals surface area contributed by atoms with Crippen LogP contribution in [0.2, 0.25) is 0 Å². The molecular weight excluding hydrogens is 468 g/mol. The molecule has 2 saturated heterocycles. The summed E-state index contributed by atoms with van der Waals surface area (Å²) in [6.45, 7) is 14.2. The fourth-order valence-electron chi connectivity index (χ4n) is 4.82. The number of carbonyl (C=O) groups excluding carboxylic acids is 2. The highest BCUT2D eigenvalue weighted by molar-refractivity contribution is 6.46. The number of ketones is 1. The quantitative estimate of drug-likeness (QED) is 0.338. The fourth-order valence-corrected chi connectivity index (χ4v) is 4.82. The normalized spacial score (nSPS) is 20.6. The van der Waals surface area contributed by atoms with Crippen molar-refractivity contribution in [2.45, 2.75) is 52.2 Å². The van der Waals surface area contributed by atoms with E-state index in [4.69, 9.17) is 9.47 Å². The highest BCUT2D eigenvalue weighted by Crippen LogP contribution is 2.40. The minimum Gasteiger partial charge on any atom is -0.507 e. The standard InChI is InChI=1S/C30H38N2O5/c1-20(2)37-24-12-8-22(9-13-24)27(33)25-26(21-6-10-23(11-7-21)30(3,4)5)32(29(35)28(25)34)15-14-31-16-18-36-19-17-31/h6-13,20,26,33H,14-19H2,1-5H3/t26-/m0/s1. The van der Waals surface area contributed by atoms with Crippen LogP contribution >= 0.6 is 0 Å². The Hall–Kier alpha value is -3.16. The zero-order chi connectivity index (χ0) is 26.7. The number of morpholine rings is 1. The molecule has 0 spiro atoms. The molecule has 2 aliphatic heterocycles. The van der Waals surface area contributed by atoms with Gasteiger partial charge in [0.15, 0.2) is 0 Å². The number of nitrogens with zero attached hydrogens (tertiary/aromatic N) is 2. The Morgan fingerprint density at radius 1 is 1.00 bits per heavy atom. The molecule has 1 amide bonds. The summed E-state index contributed by atoms with van der Waals surface area (Å²) in [5.74, 6) is -0.744. The third-order valence-corrected chi connectivity index (χ3v) is 6.89. The average Bonchev–Trinajstić information content (AvgIpc) is 3.12. The Morgan fingerprint density at radius 3 is 2.19 bits per heavy atom. The van der Waals surface area contributed by atoms with E-state index in [-0.39, 0.29) is 22.9 Å². The number of rotatable bonds is 7. The Morgan fingerprint density at radius 2 is 1.62 bits per heavy atom. The molecule has 0 aliphatic carbocycles. The van der Waals surface area contributed by atoms with E-state index < -0.39 is 17.7 Å². The third kappa shape index (κ3) is 6.05. The highest BCUT2D eigenvalue weighted by Gasteiger charge is 2.46. The lowest BCUT2D eigenvalue weighted by atomic mass is 9.85. The van der Waals surface area contributed by atoms with Crippen LogP contribution in [0.5, 0.6) is 5.75 Å². The molecule has 0 saturated carbocycles. The molecule has 7 nitrogen and oxygen atoms in total. The van der Waals surface area contributed by atoms with Gasteiger partial charge in [-0.1, -0.05) is 45.0 Å². The molecule has 2 fully saturated rings. The predicted molar refractivity (Wildman–Crippen MR) is 144 cm³/mol. The molecule has 0 radical (unpaired) electrons. The summed E-state index contributed by atoms with van der Waals surface area (Å²) in [5.41, 5.74) is 2.51. The first-order valence-electron chi connectivity index (χ1n) is 13.0. The van der Waals surface area contributed by atoms with Crippen LogP contribution in [0.4, 0.5) is 0 Å². The maximum Gasteiger partial charge on any atom is 0.295 e. The molecule has 4 rings (SSSR count). The van der Waals surface area contributed by atoms with Gasteiger partial charge >= 0.3 is 0 Å². The fraction of sp³-hybridized carbons (Fsp3) is 0.467. The van der Waals surface area contributed by atoms with Gasteiger partial charge in [-0.2, -0.15) is 0 Å². The van der Waals surface area contributed by atoms with Gasteiger partial charge in [-0.25, -0.2) is 0 Å². The number of likely N-dealkylation sites (tertiary alicyclic amines) is 1. The van der Waals surface area contributed by atoms with Gasteiger partial charge in [0.05, 0.1) is 30.9 Å². The van der Waals surface area contributed by atoms with E-state index in [1.165, 1.54) is 0 Å². The van der Waals surface area contributed by atoms with Crippen LogP contribution in [0.15, 0.2) is 54.1 Å². The summed E-state index contributed by atoms with van der Waals surface area (Å²) >= 11 is 0. The zero-order valence-electron chi connectivity index (χ0n) is 22.5. The topological polar surface area (TPSA) is 79.3 Å². The van der Waals surface area contributed by atoms with Crippen LogP contribution < -0.4 is 4.74 Å². The van der Waals surface area contributed by atoms with Crippen LogP contribution in [-0.2, 0) is 19.7 Å². The van der Waals surface area contributed by atoms with Gasteiger partial charge in [0.2, 0.25) is 0 Å². The molecular formula is C30H38N2O5. The second-order valence-electron chi connectivity index (χ2n) is 11.0. The van der Waals surface area contributed by atoms with Crippen molar-refractivity contribution in [2.24, 2.45) is 0 Å². The minimum absolute atomic E-state index is 0.0207. The van der Waals surface area contributed by atoms with Crippen LogP contribution in [0.25, 0.3) is 5.76 Å².